The first-order valence-corrected chi connectivity index (χ1v) is 5.82. The number of amides is 1. The van der Waals surface area contributed by atoms with Gasteiger partial charge in [-0.2, -0.15) is 0 Å². The second-order valence-corrected chi connectivity index (χ2v) is 4.91. The van der Waals surface area contributed by atoms with Crippen LogP contribution in [0.3, 0.4) is 0 Å². The first-order chi connectivity index (χ1) is 8.38. The van der Waals surface area contributed by atoms with Crippen molar-refractivity contribution in [3.8, 4) is 0 Å². The molecule has 5 nitrogen and oxygen atoms in total. The number of hydrogen-bond donors (Lipinski definition) is 3. The number of anilines is 1. The molecule has 1 heterocycles. The number of aliphatic carboxylic acids is 1. The van der Waals surface area contributed by atoms with E-state index in [4.69, 9.17) is 10.8 Å². The molecule has 96 valence electrons. The number of hydrogen-bond acceptors (Lipinski definition) is 3. The van der Waals surface area contributed by atoms with Crippen molar-refractivity contribution in [3.05, 3.63) is 29.3 Å². The molecule has 1 aliphatic heterocycles. The molecule has 1 atom stereocenters. The topological polar surface area (TPSA) is 92.4 Å². The van der Waals surface area contributed by atoms with Gasteiger partial charge in [0.2, 0.25) is 5.91 Å². The Balaban J connectivity index is 2.31. The number of carbonyl (C=O) groups is 2. The molecule has 0 bridgehead atoms. The molecule has 1 aromatic rings. The third-order valence-corrected chi connectivity index (χ3v) is 3.18. The highest BCUT2D eigenvalue weighted by Crippen LogP contribution is 2.29. The molecule has 4 N–H and O–H groups in total. The monoisotopic (exact) mass is 248 g/mol. The van der Waals surface area contributed by atoms with Crippen molar-refractivity contribution in [1.82, 2.24) is 0 Å². The van der Waals surface area contributed by atoms with Crippen LogP contribution in [0.2, 0.25) is 0 Å². The standard InChI is InChI=1S/C13H16N2O3/c1-13(14,7-12(17)18)9-3-4-10-8(6-9)2-5-11(16)15-10/h3-4,6H,2,5,7,14H2,1H3,(H,15,16)(H,17,18). The number of rotatable bonds is 3. The van der Waals surface area contributed by atoms with Crippen LogP contribution in [0.15, 0.2) is 18.2 Å². The third-order valence-electron chi connectivity index (χ3n) is 3.18. The lowest BCUT2D eigenvalue weighted by molar-refractivity contribution is -0.138. The molecule has 5 heteroatoms. The van der Waals surface area contributed by atoms with Gasteiger partial charge in [-0.3, -0.25) is 9.59 Å². The lowest BCUT2D eigenvalue weighted by atomic mass is 9.87. The zero-order chi connectivity index (χ0) is 13.3. The van der Waals surface area contributed by atoms with Crippen LogP contribution in [0.5, 0.6) is 0 Å². The quantitative estimate of drug-likeness (QED) is 0.749. The fourth-order valence-electron chi connectivity index (χ4n) is 2.15. The van der Waals surface area contributed by atoms with Crippen LogP contribution in [0.25, 0.3) is 0 Å². The highest BCUT2D eigenvalue weighted by molar-refractivity contribution is 5.93. The van der Waals surface area contributed by atoms with Gasteiger partial charge in [0, 0.05) is 17.6 Å². The highest BCUT2D eigenvalue weighted by atomic mass is 16.4. The Hall–Kier alpha value is -1.88. The van der Waals surface area contributed by atoms with Crippen molar-refractivity contribution >= 4 is 17.6 Å². The number of aryl methyl sites for hydroxylation is 1. The summed E-state index contributed by atoms with van der Waals surface area (Å²) in [6, 6.07) is 5.44. The van der Waals surface area contributed by atoms with Crippen molar-refractivity contribution in [1.29, 1.82) is 0 Å². The van der Waals surface area contributed by atoms with E-state index in [0.717, 1.165) is 16.8 Å². The second-order valence-electron chi connectivity index (χ2n) is 4.91. The van der Waals surface area contributed by atoms with Crippen LogP contribution in [-0.2, 0) is 21.5 Å². The summed E-state index contributed by atoms with van der Waals surface area (Å²) in [4.78, 5) is 22.0. The Morgan fingerprint density at radius 1 is 1.50 bits per heavy atom. The van der Waals surface area contributed by atoms with E-state index in [1.165, 1.54) is 0 Å². The van der Waals surface area contributed by atoms with Crippen molar-refractivity contribution in [2.45, 2.75) is 31.7 Å². The minimum Gasteiger partial charge on any atom is -0.481 e. The van der Waals surface area contributed by atoms with Gasteiger partial charge >= 0.3 is 5.97 Å². The van der Waals surface area contributed by atoms with Crippen LogP contribution < -0.4 is 11.1 Å². The lowest BCUT2D eigenvalue weighted by Crippen LogP contribution is -2.35. The second kappa shape index (κ2) is 4.42. The molecule has 1 unspecified atom stereocenters. The van der Waals surface area contributed by atoms with Crippen LogP contribution in [0, 0.1) is 0 Å². The molecule has 1 aliphatic rings. The minimum atomic E-state index is -0.925. The highest BCUT2D eigenvalue weighted by Gasteiger charge is 2.26. The van der Waals surface area contributed by atoms with E-state index in [1.807, 2.05) is 6.07 Å². The van der Waals surface area contributed by atoms with Crippen molar-refractivity contribution < 1.29 is 14.7 Å². The molecule has 0 saturated carbocycles. The molecule has 18 heavy (non-hydrogen) atoms. The molecule has 0 spiro atoms. The van der Waals surface area contributed by atoms with Crippen LogP contribution >= 0.6 is 0 Å². The fraction of sp³-hybridized carbons (Fsp3) is 0.385. The number of carbonyl (C=O) groups excluding carboxylic acids is 1. The molecule has 2 rings (SSSR count). The molecule has 0 saturated heterocycles. The van der Waals surface area contributed by atoms with Gasteiger partial charge in [-0.25, -0.2) is 0 Å². The van der Waals surface area contributed by atoms with Gasteiger partial charge < -0.3 is 16.2 Å². The van der Waals surface area contributed by atoms with E-state index in [2.05, 4.69) is 5.32 Å². The van der Waals surface area contributed by atoms with Crippen LogP contribution in [-0.4, -0.2) is 17.0 Å². The van der Waals surface area contributed by atoms with E-state index in [0.29, 0.717) is 12.8 Å². The maximum absolute atomic E-state index is 11.2. The van der Waals surface area contributed by atoms with Gasteiger partial charge in [0.1, 0.15) is 0 Å². The Morgan fingerprint density at radius 3 is 2.89 bits per heavy atom. The Bertz CT molecular complexity index is 509. The summed E-state index contributed by atoms with van der Waals surface area (Å²) in [7, 11) is 0. The predicted molar refractivity (Wildman–Crippen MR) is 67.2 cm³/mol. The number of benzene rings is 1. The molecular formula is C13H16N2O3. The number of carboxylic acids is 1. The summed E-state index contributed by atoms with van der Waals surface area (Å²) in [6.07, 6.45) is 0.993. The van der Waals surface area contributed by atoms with E-state index in [1.54, 1.807) is 19.1 Å². The molecule has 1 amide bonds. The number of carboxylic acid groups (broad SMARTS) is 1. The molecule has 0 radical (unpaired) electrons. The van der Waals surface area contributed by atoms with Gasteiger partial charge in [0.05, 0.1) is 6.42 Å². The SMILES string of the molecule is CC(N)(CC(=O)O)c1ccc2c(c1)CCC(=O)N2. The summed E-state index contributed by atoms with van der Waals surface area (Å²) >= 11 is 0. The van der Waals surface area contributed by atoms with Gasteiger partial charge in [0.15, 0.2) is 0 Å². The normalized spacial score (nSPS) is 17.6. The summed E-state index contributed by atoms with van der Waals surface area (Å²) in [6.45, 7) is 1.70. The van der Waals surface area contributed by atoms with E-state index in [-0.39, 0.29) is 12.3 Å². The van der Waals surface area contributed by atoms with E-state index in [9.17, 15) is 9.59 Å². The van der Waals surface area contributed by atoms with Gasteiger partial charge in [-0.05, 0) is 30.5 Å². The van der Waals surface area contributed by atoms with Gasteiger partial charge in [0.25, 0.3) is 0 Å². The molecular weight excluding hydrogens is 232 g/mol. The average Bonchev–Trinajstić information content (AvgIpc) is 2.26. The van der Waals surface area contributed by atoms with Crippen molar-refractivity contribution in [3.63, 3.8) is 0 Å². The Labute approximate surface area is 105 Å². The molecule has 0 fully saturated rings. The number of nitrogens with two attached hydrogens (primary N) is 1. The predicted octanol–water partition coefficient (Wildman–Crippen LogP) is 1.22. The zero-order valence-electron chi connectivity index (χ0n) is 10.2. The first kappa shape index (κ1) is 12.6. The lowest BCUT2D eigenvalue weighted by Gasteiger charge is -2.26. The molecule has 1 aromatic carbocycles. The smallest absolute Gasteiger partial charge is 0.305 e. The third kappa shape index (κ3) is 2.51. The summed E-state index contributed by atoms with van der Waals surface area (Å²) in [5.74, 6) is -0.915. The average molecular weight is 248 g/mol. The minimum absolute atomic E-state index is 0.0105. The van der Waals surface area contributed by atoms with Gasteiger partial charge in [-0.1, -0.05) is 12.1 Å². The number of fused-ring (bicyclic) bond motifs is 1. The van der Waals surface area contributed by atoms with Crippen molar-refractivity contribution in [2.75, 3.05) is 5.32 Å². The molecule has 0 aromatic heterocycles. The first-order valence-electron chi connectivity index (χ1n) is 5.82. The number of nitrogens with one attached hydrogen (secondary N) is 1. The zero-order valence-corrected chi connectivity index (χ0v) is 10.2. The summed E-state index contributed by atoms with van der Waals surface area (Å²) in [5, 5.41) is 11.6. The molecule has 0 aliphatic carbocycles. The van der Waals surface area contributed by atoms with E-state index < -0.39 is 11.5 Å². The Morgan fingerprint density at radius 2 is 2.22 bits per heavy atom. The van der Waals surface area contributed by atoms with E-state index >= 15 is 0 Å². The Kier molecular flexibility index (Phi) is 3.09. The summed E-state index contributed by atoms with van der Waals surface area (Å²) < 4.78 is 0. The van der Waals surface area contributed by atoms with Crippen LogP contribution in [0.1, 0.15) is 30.9 Å². The van der Waals surface area contributed by atoms with Crippen LogP contribution in [0.4, 0.5) is 5.69 Å². The van der Waals surface area contributed by atoms with Gasteiger partial charge in [-0.15, -0.1) is 0 Å². The summed E-state index contributed by atoms with van der Waals surface area (Å²) in [5.41, 5.74) is 7.71. The maximum atomic E-state index is 11.2. The largest absolute Gasteiger partial charge is 0.481 e. The van der Waals surface area contributed by atoms with Crippen molar-refractivity contribution in [2.24, 2.45) is 5.73 Å². The fourth-order valence-corrected chi connectivity index (χ4v) is 2.15. The maximum Gasteiger partial charge on any atom is 0.305 e.